The van der Waals surface area contributed by atoms with E-state index in [4.69, 9.17) is 4.74 Å². The SMILES string of the molecule is CCCN(CCC)CCCNc1cc(OC)cc2cccnc12.Cl. The lowest BCUT2D eigenvalue weighted by Crippen LogP contribution is -2.27. The molecule has 0 unspecified atom stereocenters. The molecule has 1 aromatic heterocycles. The number of anilines is 1. The van der Waals surface area contributed by atoms with Gasteiger partial charge in [-0.3, -0.25) is 4.98 Å². The summed E-state index contributed by atoms with van der Waals surface area (Å²) in [5.41, 5.74) is 2.06. The number of nitrogens with zero attached hydrogens (tertiary/aromatic N) is 2. The minimum atomic E-state index is 0. The molecule has 0 bridgehead atoms. The van der Waals surface area contributed by atoms with Gasteiger partial charge in [0, 0.05) is 24.2 Å². The van der Waals surface area contributed by atoms with Gasteiger partial charge in [0.1, 0.15) is 5.75 Å². The third kappa shape index (κ3) is 5.84. The van der Waals surface area contributed by atoms with Gasteiger partial charge in [-0.1, -0.05) is 19.9 Å². The zero-order valence-corrected chi connectivity index (χ0v) is 15.9. The van der Waals surface area contributed by atoms with E-state index >= 15 is 0 Å². The van der Waals surface area contributed by atoms with Crippen LogP contribution in [-0.2, 0) is 0 Å². The predicted octanol–water partition coefficient (Wildman–Crippen LogP) is 4.59. The molecule has 1 aromatic carbocycles. The van der Waals surface area contributed by atoms with Crippen molar-refractivity contribution in [1.29, 1.82) is 0 Å². The third-order valence-corrected chi connectivity index (χ3v) is 3.96. The quantitative estimate of drug-likeness (QED) is 0.635. The molecule has 0 amide bonds. The van der Waals surface area contributed by atoms with Crippen LogP contribution < -0.4 is 10.1 Å². The molecule has 1 heterocycles. The fourth-order valence-corrected chi connectivity index (χ4v) is 2.91. The van der Waals surface area contributed by atoms with E-state index in [1.165, 1.54) is 25.9 Å². The number of fused-ring (bicyclic) bond motifs is 1. The summed E-state index contributed by atoms with van der Waals surface area (Å²) in [5.74, 6) is 0.867. The highest BCUT2D eigenvalue weighted by Gasteiger charge is 2.06. The third-order valence-electron chi connectivity index (χ3n) is 3.96. The zero-order valence-electron chi connectivity index (χ0n) is 15.0. The number of pyridine rings is 1. The lowest BCUT2D eigenvalue weighted by Gasteiger charge is -2.21. The highest BCUT2D eigenvalue weighted by molar-refractivity contribution is 5.91. The molecule has 0 aliphatic rings. The number of halogens is 1. The normalized spacial score (nSPS) is 10.7. The molecule has 134 valence electrons. The van der Waals surface area contributed by atoms with Crippen LogP contribution in [0.5, 0.6) is 5.75 Å². The minimum absolute atomic E-state index is 0. The van der Waals surface area contributed by atoms with Crippen LogP contribution in [0.25, 0.3) is 10.9 Å². The highest BCUT2D eigenvalue weighted by atomic mass is 35.5. The van der Waals surface area contributed by atoms with Crippen LogP contribution in [-0.4, -0.2) is 43.2 Å². The van der Waals surface area contributed by atoms with Gasteiger partial charge in [0.25, 0.3) is 0 Å². The van der Waals surface area contributed by atoms with Gasteiger partial charge in [0.15, 0.2) is 0 Å². The Labute approximate surface area is 152 Å². The number of hydrogen-bond acceptors (Lipinski definition) is 4. The molecule has 2 aromatic rings. The van der Waals surface area contributed by atoms with Crippen molar-refractivity contribution >= 4 is 29.0 Å². The first kappa shape index (κ1) is 20.5. The van der Waals surface area contributed by atoms with Crippen molar-refractivity contribution in [3.63, 3.8) is 0 Å². The molecule has 1 N–H and O–H groups in total. The van der Waals surface area contributed by atoms with Crippen LogP contribution in [0.1, 0.15) is 33.1 Å². The Morgan fingerprint density at radius 2 is 1.88 bits per heavy atom. The van der Waals surface area contributed by atoms with Gasteiger partial charge in [-0.05, 0) is 51.0 Å². The van der Waals surface area contributed by atoms with Crippen molar-refractivity contribution in [3.8, 4) is 5.75 Å². The van der Waals surface area contributed by atoms with E-state index in [-0.39, 0.29) is 12.4 Å². The van der Waals surface area contributed by atoms with E-state index in [1.807, 2.05) is 24.4 Å². The van der Waals surface area contributed by atoms with Crippen molar-refractivity contribution in [1.82, 2.24) is 9.88 Å². The summed E-state index contributed by atoms with van der Waals surface area (Å²) in [6, 6.07) is 8.09. The Balaban J connectivity index is 0.00000288. The van der Waals surface area contributed by atoms with E-state index in [0.717, 1.165) is 41.9 Å². The van der Waals surface area contributed by atoms with Crippen LogP contribution in [0.15, 0.2) is 30.5 Å². The maximum atomic E-state index is 5.40. The molecule has 0 aliphatic heterocycles. The van der Waals surface area contributed by atoms with Crippen LogP contribution in [0, 0.1) is 0 Å². The van der Waals surface area contributed by atoms with Crippen LogP contribution in [0.4, 0.5) is 5.69 Å². The molecule has 0 saturated heterocycles. The second kappa shape index (κ2) is 11.1. The average Bonchev–Trinajstić information content (AvgIpc) is 2.58. The smallest absolute Gasteiger partial charge is 0.121 e. The number of rotatable bonds is 10. The number of nitrogens with one attached hydrogen (secondary N) is 1. The van der Waals surface area contributed by atoms with E-state index in [2.05, 4.69) is 35.1 Å². The number of hydrogen-bond donors (Lipinski definition) is 1. The predicted molar refractivity (Wildman–Crippen MR) is 106 cm³/mol. The molecular formula is C19H30ClN3O. The van der Waals surface area contributed by atoms with Crippen molar-refractivity contribution < 1.29 is 4.74 Å². The van der Waals surface area contributed by atoms with Crippen LogP contribution in [0.3, 0.4) is 0 Å². The summed E-state index contributed by atoms with van der Waals surface area (Å²) in [6.07, 6.45) is 5.41. The number of aromatic nitrogens is 1. The Morgan fingerprint density at radius 1 is 1.12 bits per heavy atom. The second-order valence-corrected chi connectivity index (χ2v) is 5.87. The molecule has 0 saturated carbocycles. The van der Waals surface area contributed by atoms with Crippen LogP contribution in [0.2, 0.25) is 0 Å². The average molecular weight is 352 g/mol. The van der Waals surface area contributed by atoms with Gasteiger partial charge in [-0.25, -0.2) is 0 Å². The monoisotopic (exact) mass is 351 g/mol. The van der Waals surface area contributed by atoms with E-state index < -0.39 is 0 Å². The number of benzene rings is 1. The molecule has 24 heavy (non-hydrogen) atoms. The highest BCUT2D eigenvalue weighted by Crippen LogP contribution is 2.27. The van der Waals surface area contributed by atoms with Gasteiger partial charge in [0.2, 0.25) is 0 Å². The first-order chi connectivity index (χ1) is 11.3. The van der Waals surface area contributed by atoms with Gasteiger partial charge in [0.05, 0.1) is 18.3 Å². The van der Waals surface area contributed by atoms with Crippen molar-refractivity contribution in [2.45, 2.75) is 33.1 Å². The first-order valence-corrected chi connectivity index (χ1v) is 8.67. The van der Waals surface area contributed by atoms with Gasteiger partial charge in [-0.2, -0.15) is 0 Å². The second-order valence-electron chi connectivity index (χ2n) is 5.87. The standard InChI is InChI=1S/C19H29N3O.ClH/c1-4-11-22(12-5-2)13-7-10-20-18-15-17(23-3)14-16-8-6-9-21-19(16)18;/h6,8-9,14-15,20H,4-5,7,10-13H2,1-3H3;1H. The molecule has 0 radical (unpaired) electrons. The van der Waals surface area contributed by atoms with E-state index in [9.17, 15) is 0 Å². The van der Waals surface area contributed by atoms with E-state index in [1.54, 1.807) is 7.11 Å². The van der Waals surface area contributed by atoms with E-state index in [0.29, 0.717) is 0 Å². The lowest BCUT2D eigenvalue weighted by atomic mass is 10.1. The molecule has 0 spiro atoms. The fraction of sp³-hybridized carbons (Fsp3) is 0.526. The number of ether oxygens (including phenoxy) is 1. The van der Waals surface area contributed by atoms with Crippen LogP contribution >= 0.6 is 12.4 Å². The summed E-state index contributed by atoms with van der Waals surface area (Å²) < 4.78 is 5.40. The zero-order chi connectivity index (χ0) is 16.5. The van der Waals surface area contributed by atoms with Crippen molar-refractivity contribution in [2.24, 2.45) is 0 Å². The maximum Gasteiger partial charge on any atom is 0.121 e. The Morgan fingerprint density at radius 3 is 2.54 bits per heavy atom. The van der Waals surface area contributed by atoms with Crippen molar-refractivity contribution in [2.75, 3.05) is 38.6 Å². The summed E-state index contributed by atoms with van der Waals surface area (Å²) in [6.45, 7) is 8.96. The molecule has 4 nitrogen and oxygen atoms in total. The summed E-state index contributed by atoms with van der Waals surface area (Å²) >= 11 is 0. The largest absolute Gasteiger partial charge is 0.497 e. The molecule has 2 rings (SSSR count). The summed E-state index contributed by atoms with van der Waals surface area (Å²) in [4.78, 5) is 7.05. The maximum absolute atomic E-state index is 5.40. The first-order valence-electron chi connectivity index (χ1n) is 8.67. The summed E-state index contributed by atoms with van der Waals surface area (Å²) in [7, 11) is 1.70. The molecular weight excluding hydrogens is 322 g/mol. The van der Waals surface area contributed by atoms with Gasteiger partial charge < -0.3 is 15.0 Å². The minimum Gasteiger partial charge on any atom is -0.497 e. The molecule has 5 heteroatoms. The Bertz CT molecular complexity index is 600. The van der Waals surface area contributed by atoms with Crippen molar-refractivity contribution in [3.05, 3.63) is 30.5 Å². The topological polar surface area (TPSA) is 37.4 Å². The fourth-order valence-electron chi connectivity index (χ4n) is 2.91. The molecule has 0 atom stereocenters. The molecule has 0 aliphatic carbocycles. The Hall–Kier alpha value is -1.52. The van der Waals surface area contributed by atoms with Gasteiger partial charge in [-0.15, -0.1) is 12.4 Å². The molecule has 0 fully saturated rings. The summed E-state index contributed by atoms with van der Waals surface area (Å²) in [5, 5.41) is 4.64. The van der Waals surface area contributed by atoms with Gasteiger partial charge >= 0.3 is 0 Å². The number of methoxy groups -OCH3 is 1. The lowest BCUT2D eigenvalue weighted by molar-refractivity contribution is 0.274. The Kier molecular flexibility index (Phi) is 9.50.